The first-order valence-corrected chi connectivity index (χ1v) is 10.0. The normalized spacial score (nSPS) is 40.8. The number of rotatable bonds is 4. The summed E-state index contributed by atoms with van der Waals surface area (Å²) in [5, 5.41) is 14.2. The van der Waals surface area contributed by atoms with Crippen LogP contribution in [0.5, 0.6) is 0 Å². The Morgan fingerprint density at radius 3 is 2.54 bits per heavy atom. The monoisotopic (exact) mass is 327 g/mol. The van der Waals surface area contributed by atoms with Crippen molar-refractivity contribution in [1.82, 2.24) is 5.32 Å². The minimum Gasteiger partial charge on any atom is -0.393 e. The van der Waals surface area contributed by atoms with Crippen LogP contribution in [-0.4, -0.2) is 23.8 Å². The number of aliphatic hydroxyl groups is 1. The molecule has 4 aliphatic carbocycles. The van der Waals surface area contributed by atoms with Gasteiger partial charge in [-0.05, 0) is 79.7 Å². The molecule has 0 saturated heterocycles. The fraction of sp³-hybridized carbons (Fsp3) is 0.727. The fourth-order valence-corrected chi connectivity index (χ4v) is 5.98. The van der Waals surface area contributed by atoms with Gasteiger partial charge in [-0.1, -0.05) is 44.2 Å². The maximum absolute atomic E-state index is 10.4. The molecule has 2 bridgehead atoms. The van der Waals surface area contributed by atoms with Gasteiger partial charge in [-0.2, -0.15) is 0 Å². The van der Waals surface area contributed by atoms with Crippen molar-refractivity contribution in [1.29, 1.82) is 0 Å². The Kier molecular flexibility index (Phi) is 4.47. The van der Waals surface area contributed by atoms with E-state index in [0.717, 1.165) is 37.1 Å². The molecule has 0 aliphatic heterocycles. The van der Waals surface area contributed by atoms with Gasteiger partial charge in [0.2, 0.25) is 0 Å². The van der Waals surface area contributed by atoms with Crippen molar-refractivity contribution in [2.24, 2.45) is 23.2 Å². The van der Waals surface area contributed by atoms with E-state index < -0.39 is 0 Å². The molecule has 0 spiro atoms. The Morgan fingerprint density at radius 1 is 1.04 bits per heavy atom. The molecule has 5 rings (SSSR count). The highest BCUT2D eigenvalue weighted by atomic mass is 16.3. The van der Waals surface area contributed by atoms with E-state index in [0.29, 0.717) is 17.4 Å². The first-order valence-electron chi connectivity index (χ1n) is 10.0. The van der Waals surface area contributed by atoms with Crippen molar-refractivity contribution in [3.63, 3.8) is 0 Å². The van der Waals surface area contributed by atoms with E-state index in [1.54, 1.807) is 0 Å². The number of hydrogen-bond donors (Lipinski definition) is 2. The van der Waals surface area contributed by atoms with Crippen LogP contribution in [0, 0.1) is 23.2 Å². The van der Waals surface area contributed by atoms with Crippen LogP contribution < -0.4 is 5.32 Å². The molecule has 1 aromatic rings. The minimum atomic E-state index is -0.155. The molecule has 4 fully saturated rings. The maximum Gasteiger partial charge on any atom is 0.0561 e. The van der Waals surface area contributed by atoms with Gasteiger partial charge in [0.15, 0.2) is 0 Å². The molecule has 4 saturated carbocycles. The summed E-state index contributed by atoms with van der Waals surface area (Å²) in [4.78, 5) is 0. The van der Waals surface area contributed by atoms with Gasteiger partial charge < -0.3 is 10.4 Å². The van der Waals surface area contributed by atoms with Crippen molar-refractivity contribution < 1.29 is 5.11 Å². The zero-order valence-electron chi connectivity index (χ0n) is 15.2. The largest absolute Gasteiger partial charge is 0.393 e. The van der Waals surface area contributed by atoms with Crippen LogP contribution in [0.2, 0.25) is 0 Å². The Bertz CT molecular complexity index is 552. The standard InChI is InChI=1S/C22H33NO/c1-22(2)18-9-8-16(21(22)12-18)14-23-19-10-17(11-20(24)13-19)15-6-4-3-5-7-15/h3-7,16-21,23-24H,8-14H2,1-2H3/t16?,17?,18-,19?,20?,21?/m0/s1. The third kappa shape index (κ3) is 3.04. The third-order valence-electron chi connectivity index (χ3n) is 7.62. The summed E-state index contributed by atoms with van der Waals surface area (Å²) >= 11 is 0. The van der Waals surface area contributed by atoms with E-state index in [-0.39, 0.29) is 6.10 Å². The van der Waals surface area contributed by atoms with Crippen LogP contribution in [0.15, 0.2) is 30.3 Å². The molecule has 0 aromatic heterocycles. The predicted octanol–water partition coefficient (Wildman–Crippen LogP) is 4.35. The molecular weight excluding hydrogens is 294 g/mol. The highest BCUT2D eigenvalue weighted by molar-refractivity contribution is 5.20. The molecule has 24 heavy (non-hydrogen) atoms. The van der Waals surface area contributed by atoms with Crippen LogP contribution >= 0.6 is 0 Å². The summed E-state index contributed by atoms with van der Waals surface area (Å²) in [6, 6.07) is 11.2. The predicted molar refractivity (Wildman–Crippen MR) is 98.9 cm³/mol. The summed E-state index contributed by atoms with van der Waals surface area (Å²) < 4.78 is 0. The van der Waals surface area contributed by atoms with Gasteiger partial charge in [0, 0.05) is 6.04 Å². The molecule has 0 amide bonds. The van der Waals surface area contributed by atoms with Gasteiger partial charge in [-0.25, -0.2) is 0 Å². The summed E-state index contributed by atoms with van der Waals surface area (Å²) in [7, 11) is 0. The molecular formula is C22H33NO. The highest BCUT2D eigenvalue weighted by Gasteiger charge is 2.53. The topological polar surface area (TPSA) is 32.3 Å². The summed E-state index contributed by atoms with van der Waals surface area (Å²) in [5.41, 5.74) is 1.96. The molecule has 2 nitrogen and oxygen atoms in total. The molecule has 2 N–H and O–H groups in total. The molecule has 5 unspecified atom stereocenters. The quantitative estimate of drug-likeness (QED) is 0.862. The smallest absolute Gasteiger partial charge is 0.0561 e. The van der Waals surface area contributed by atoms with E-state index >= 15 is 0 Å². The first-order chi connectivity index (χ1) is 11.5. The second-order valence-electron chi connectivity index (χ2n) is 9.27. The molecule has 0 radical (unpaired) electrons. The molecule has 2 heteroatoms. The Balaban J connectivity index is 1.34. The van der Waals surface area contributed by atoms with Crippen LogP contribution in [0.3, 0.4) is 0 Å². The molecule has 0 heterocycles. The molecule has 132 valence electrons. The Morgan fingerprint density at radius 2 is 1.83 bits per heavy atom. The second kappa shape index (κ2) is 6.46. The van der Waals surface area contributed by atoms with E-state index in [9.17, 15) is 5.11 Å². The number of fused-ring (bicyclic) bond motifs is 2. The van der Waals surface area contributed by atoms with Gasteiger partial charge in [0.25, 0.3) is 0 Å². The molecule has 4 aliphatic rings. The van der Waals surface area contributed by atoms with Gasteiger partial charge in [0.1, 0.15) is 0 Å². The molecule has 1 aromatic carbocycles. The van der Waals surface area contributed by atoms with Crippen molar-refractivity contribution in [3.8, 4) is 0 Å². The maximum atomic E-state index is 10.4. The van der Waals surface area contributed by atoms with E-state index in [4.69, 9.17) is 0 Å². The van der Waals surface area contributed by atoms with Crippen LogP contribution in [-0.2, 0) is 0 Å². The summed E-state index contributed by atoms with van der Waals surface area (Å²) in [5.74, 6) is 3.25. The van der Waals surface area contributed by atoms with Crippen molar-refractivity contribution in [2.45, 2.75) is 70.4 Å². The summed E-state index contributed by atoms with van der Waals surface area (Å²) in [6.45, 7) is 6.11. The number of nitrogens with one attached hydrogen (secondary N) is 1. The lowest BCUT2D eigenvalue weighted by molar-refractivity contribution is -0.104. The third-order valence-corrected chi connectivity index (χ3v) is 7.62. The minimum absolute atomic E-state index is 0.155. The first kappa shape index (κ1) is 16.6. The average molecular weight is 328 g/mol. The SMILES string of the molecule is CC1(C)C2C[C@@H]1CCC2CNC1CC(O)CC(c2ccccc2)C1. The lowest BCUT2D eigenvalue weighted by Crippen LogP contribution is -2.55. The average Bonchev–Trinajstić information content (AvgIpc) is 2.60. The summed E-state index contributed by atoms with van der Waals surface area (Å²) in [6.07, 6.45) is 7.15. The van der Waals surface area contributed by atoms with Gasteiger partial charge in [-0.15, -0.1) is 0 Å². The number of aliphatic hydroxyl groups excluding tert-OH is 1. The lowest BCUT2D eigenvalue weighted by Gasteiger charge is -2.60. The zero-order valence-corrected chi connectivity index (χ0v) is 15.2. The highest BCUT2D eigenvalue weighted by Crippen LogP contribution is 2.61. The van der Waals surface area contributed by atoms with E-state index in [1.807, 2.05) is 0 Å². The Hall–Kier alpha value is -0.860. The Labute approximate surface area is 147 Å². The second-order valence-corrected chi connectivity index (χ2v) is 9.27. The van der Waals surface area contributed by atoms with Crippen LogP contribution in [0.25, 0.3) is 0 Å². The van der Waals surface area contributed by atoms with Gasteiger partial charge in [0.05, 0.1) is 6.10 Å². The van der Waals surface area contributed by atoms with Crippen molar-refractivity contribution >= 4 is 0 Å². The van der Waals surface area contributed by atoms with Crippen molar-refractivity contribution in [2.75, 3.05) is 6.54 Å². The van der Waals surface area contributed by atoms with E-state index in [2.05, 4.69) is 49.5 Å². The van der Waals surface area contributed by atoms with Gasteiger partial charge in [-0.3, -0.25) is 0 Å². The molecule has 6 atom stereocenters. The van der Waals surface area contributed by atoms with Crippen LogP contribution in [0.4, 0.5) is 0 Å². The lowest BCUT2D eigenvalue weighted by atomic mass is 9.45. The number of hydrogen-bond acceptors (Lipinski definition) is 2. The van der Waals surface area contributed by atoms with Gasteiger partial charge >= 0.3 is 0 Å². The van der Waals surface area contributed by atoms with Crippen LogP contribution in [0.1, 0.15) is 63.9 Å². The van der Waals surface area contributed by atoms with Crippen molar-refractivity contribution in [3.05, 3.63) is 35.9 Å². The number of benzene rings is 1. The van der Waals surface area contributed by atoms with E-state index in [1.165, 1.54) is 31.2 Å². The zero-order chi connectivity index (χ0) is 16.7. The fourth-order valence-electron chi connectivity index (χ4n) is 5.98.